The van der Waals surface area contributed by atoms with E-state index in [1.165, 1.54) is 5.56 Å². The number of ether oxygens (including phenoxy) is 2. The van der Waals surface area contributed by atoms with Crippen LogP contribution in [0, 0.1) is 0 Å². The van der Waals surface area contributed by atoms with Crippen molar-refractivity contribution in [1.82, 2.24) is 0 Å². The van der Waals surface area contributed by atoms with Crippen LogP contribution in [0.2, 0.25) is 0 Å². The summed E-state index contributed by atoms with van der Waals surface area (Å²) in [4.78, 5) is 0. The van der Waals surface area contributed by atoms with Crippen LogP contribution in [0.15, 0.2) is 18.2 Å². The molecule has 0 aliphatic heterocycles. The van der Waals surface area contributed by atoms with Crippen molar-refractivity contribution in [1.29, 1.82) is 0 Å². The summed E-state index contributed by atoms with van der Waals surface area (Å²) >= 11 is 0. The normalized spacial score (nSPS) is 12.2. The molecule has 0 radical (unpaired) electrons. The molecule has 1 unspecified atom stereocenters. The number of nitrogens with two attached hydrogens (primary N) is 1. The van der Waals surface area contributed by atoms with Gasteiger partial charge in [0.15, 0.2) is 11.5 Å². The Labute approximate surface area is 104 Å². The smallest absolute Gasteiger partial charge is 0.160 e. The van der Waals surface area contributed by atoms with E-state index in [4.69, 9.17) is 15.2 Å². The van der Waals surface area contributed by atoms with E-state index in [-0.39, 0.29) is 0 Å². The highest BCUT2D eigenvalue weighted by Crippen LogP contribution is 2.28. The van der Waals surface area contributed by atoms with Crippen LogP contribution in [0.4, 0.5) is 0 Å². The summed E-state index contributed by atoms with van der Waals surface area (Å²) in [5.41, 5.74) is 7.25. The molecule has 0 amide bonds. The zero-order valence-electron chi connectivity index (χ0n) is 11.0. The van der Waals surface area contributed by atoms with Gasteiger partial charge in [-0.3, -0.25) is 0 Å². The molecule has 0 spiro atoms. The summed E-state index contributed by atoms with van der Waals surface area (Å²) in [6.45, 7) is 2.16. The van der Waals surface area contributed by atoms with Crippen molar-refractivity contribution in [2.75, 3.05) is 14.2 Å². The Morgan fingerprint density at radius 3 is 2.41 bits per heavy atom. The van der Waals surface area contributed by atoms with E-state index < -0.39 is 0 Å². The fraction of sp³-hybridized carbons (Fsp3) is 0.571. The number of hydrogen-bond acceptors (Lipinski definition) is 3. The van der Waals surface area contributed by atoms with Crippen molar-refractivity contribution in [3.8, 4) is 11.5 Å². The molecule has 0 fully saturated rings. The molecule has 96 valence electrons. The van der Waals surface area contributed by atoms with Crippen LogP contribution >= 0.6 is 0 Å². The van der Waals surface area contributed by atoms with Crippen molar-refractivity contribution in [2.24, 2.45) is 5.73 Å². The van der Waals surface area contributed by atoms with Gasteiger partial charge < -0.3 is 15.2 Å². The summed E-state index contributed by atoms with van der Waals surface area (Å²) in [7, 11) is 3.30. The summed E-state index contributed by atoms with van der Waals surface area (Å²) < 4.78 is 10.5. The molecule has 1 aromatic rings. The summed E-state index contributed by atoms with van der Waals surface area (Å²) in [6.07, 6.45) is 4.24. The summed E-state index contributed by atoms with van der Waals surface area (Å²) in [6, 6.07) is 6.34. The molecule has 1 aromatic carbocycles. The van der Waals surface area contributed by atoms with Gasteiger partial charge in [0.2, 0.25) is 0 Å². The number of methoxy groups -OCH3 is 2. The topological polar surface area (TPSA) is 44.5 Å². The van der Waals surface area contributed by atoms with E-state index in [9.17, 15) is 0 Å². The van der Waals surface area contributed by atoms with Crippen molar-refractivity contribution in [3.63, 3.8) is 0 Å². The van der Waals surface area contributed by atoms with Crippen LogP contribution in [0.3, 0.4) is 0 Å². The van der Waals surface area contributed by atoms with Crippen LogP contribution < -0.4 is 15.2 Å². The minimum atomic E-state index is 0.299. The van der Waals surface area contributed by atoms with Gasteiger partial charge in [-0.25, -0.2) is 0 Å². The first-order valence-corrected chi connectivity index (χ1v) is 6.17. The molecule has 3 heteroatoms. The second-order valence-corrected chi connectivity index (χ2v) is 4.28. The molecule has 0 aliphatic rings. The Hall–Kier alpha value is -1.22. The van der Waals surface area contributed by atoms with Gasteiger partial charge in [0.05, 0.1) is 14.2 Å². The first-order chi connectivity index (χ1) is 8.21. The molecule has 1 rings (SSSR count). The lowest BCUT2D eigenvalue weighted by atomic mass is 10.0. The lowest BCUT2D eigenvalue weighted by Crippen LogP contribution is -2.20. The quantitative estimate of drug-likeness (QED) is 0.793. The zero-order chi connectivity index (χ0) is 12.7. The molecule has 0 heterocycles. The predicted octanol–water partition coefficient (Wildman–Crippen LogP) is 2.76. The Morgan fingerprint density at radius 2 is 1.82 bits per heavy atom. The van der Waals surface area contributed by atoms with E-state index in [1.54, 1.807) is 14.2 Å². The average Bonchev–Trinajstić information content (AvgIpc) is 2.36. The second-order valence-electron chi connectivity index (χ2n) is 4.28. The van der Waals surface area contributed by atoms with Crippen LogP contribution in [0.5, 0.6) is 11.5 Å². The Bertz CT molecular complexity index is 339. The van der Waals surface area contributed by atoms with E-state index in [0.717, 1.165) is 37.2 Å². The molecule has 17 heavy (non-hydrogen) atoms. The zero-order valence-corrected chi connectivity index (χ0v) is 11.0. The van der Waals surface area contributed by atoms with Gasteiger partial charge in [-0.1, -0.05) is 19.4 Å². The number of aryl methyl sites for hydroxylation is 1. The van der Waals surface area contributed by atoms with Gasteiger partial charge in [0.25, 0.3) is 0 Å². The van der Waals surface area contributed by atoms with E-state index in [1.807, 2.05) is 12.1 Å². The Kier molecular flexibility index (Phi) is 5.84. The van der Waals surface area contributed by atoms with Crippen LogP contribution in [-0.2, 0) is 6.42 Å². The molecule has 0 saturated carbocycles. The Balaban J connectivity index is 2.60. The third-order valence-electron chi connectivity index (χ3n) is 2.91. The molecule has 0 aromatic heterocycles. The maximum atomic E-state index is 6.00. The lowest BCUT2D eigenvalue weighted by Gasteiger charge is -2.12. The van der Waals surface area contributed by atoms with Gasteiger partial charge in [0, 0.05) is 6.04 Å². The van der Waals surface area contributed by atoms with Gasteiger partial charge in [-0.05, 0) is 37.0 Å². The van der Waals surface area contributed by atoms with Crippen LogP contribution in [0.1, 0.15) is 31.7 Å². The largest absolute Gasteiger partial charge is 0.493 e. The summed E-state index contributed by atoms with van der Waals surface area (Å²) in [5, 5.41) is 0. The molecule has 3 nitrogen and oxygen atoms in total. The van der Waals surface area contributed by atoms with Gasteiger partial charge in [-0.2, -0.15) is 0 Å². The molecular weight excluding hydrogens is 214 g/mol. The number of hydrogen-bond donors (Lipinski definition) is 1. The molecule has 0 bridgehead atoms. The minimum absolute atomic E-state index is 0.299. The molecule has 0 saturated heterocycles. The maximum absolute atomic E-state index is 6.00. The third-order valence-corrected chi connectivity index (χ3v) is 2.91. The first kappa shape index (κ1) is 13.8. The maximum Gasteiger partial charge on any atom is 0.160 e. The highest BCUT2D eigenvalue weighted by atomic mass is 16.5. The second kappa shape index (κ2) is 7.17. The minimum Gasteiger partial charge on any atom is -0.493 e. The highest BCUT2D eigenvalue weighted by molar-refractivity contribution is 5.42. The molecule has 1 atom stereocenters. The van der Waals surface area contributed by atoms with Crippen LogP contribution in [-0.4, -0.2) is 20.3 Å². The van der Waals surface area contributed by atoms with E-state index in [0.29, 0.717) is 6.04 Å². The number of rotatable bonds is 7. The first-order valence-electron chi connectivity index (χ1n) is 6.17. The molecule has 0 aliphatic carbocycles. The van der Waals surface area contributed by atoms with E-state index in [2.05, 4.69) is 13.0 Å². The fourth-order valence-electron chi connectivity index (χ4n) is 1.90. The van der Waals surface area contributed by atoms with E-state index >= 15 is 0 Å². The fourth-order valence-corrected chi connectivity index (χ4v) is 1.90. The molecular formula is C14H23NO2. The van der Waals surface area contributed by atoms with Gasteiger partial charge in [-0.15, -0.1) is 0 Å². The van der Waals surface area contributed by atoms with Crippen molar-refractivity contribution < 1.29 is 9.47 Å². The lowest BCUT2D eigenvalue weighted by molar-refractivity contribution is 0.354. The standard InChI is InChI=1S/C14H23NO2/c1-4-5-12(15)8-6-11-7-9-13(16-2)14(10-11)17-3/h7,9-10,12H,4-6,8,15H2,1-3H3. The monoisotopic (exact) mass is 237 g/mol. The van der Waals surface area contributed by atoms with Crippen LogP contribution in [0.25, 0.3) is 0 Å². The van der Waals surface area contributed by atoms with Crippen molar-refractivity contribution in [2.45, 2.75) is 38.6 Å². The molecule has 2 N–H and O–H groups in total. The SMILES string of the molecule is CCCC(N)CCc1ccc(OC)c(OC)c1. The van der Waals surface area contributed by atoms with Crippen molar-refractivity contribution in [3.05, 3.63) is 23.8 Å². The Morgan fingerprint density at radius 1 is 1.12 bits per heavy atom. The third kappa shape index (κ3) is 4.27. The van der Waals surface area contributed by atoms with Gasteiger partial charge >= 0.3 is 0 Å². The van der Waals surface area contributed by atoms with Crippen molar-refractivity contribution >= 4 is 0 Å². The predicted molar refractivity (Wildman–Crippen MR) is 70.8 cm³/mol. The van der Waals surface area contributed by atoms with Gasteiger partial charge in [0.1, 0.15) is 0 Å². The average molecular weight is 237 g/mol. The summed E-state index contributed by atoms with van der Waals surface area (Å²) in [5.74, 6) is 1.56. The number of benzene rings is 1. The highest BCUT2D eigenvalue weighted by Gasteiger charge is 2.06.